The van der Waals surface area contributed by atoms with Gasteiger partial charge in [-0.25, -0.2) is 0 Å². The molecule has 0 bridgehead atoms. The van der Waals surface area contributed by atoms with E-state index in [2.05, 4.69) is 10.6 Å². The maximum atomic E-state index is 11.1. The lowest BCUT2D eigenvalue weighted by Gasteiger charge is -2.28. The fourth-order valence-electron chi connectivity index (χ4n) is 0.964. The number of nitrogens with one attached hydrogen (secondary N) is 2. The van der Waals surface area contributed by atoms with Crippen LogP contribution in [0.25, 0.3) is 0 Å². The maximum absolute atomic E-state index is 11.1. The number of hydrogen-bond acceptors (Lipinski definition) is 4. The smallest absolute Gasteiger partial charge is 0.321 e. The number of amides is 1. The highest BCUT2D eigenvalue weighted by molar-refractivity contribution is 5.84. The lowest BCUT2D eigenvalue weighted by atomic mass is 10.1. The van der Waals surface area contributed by atoms with Gasteiger partial charge in [0.2, 0.25) is 5.91 Å². The fourth-order valence-corrected chi connectivity index (χ4v) is 0.964. The van der Waals surface area contributed by atoms with Gasteiger partial charge in [0, 0.05) is 13.1 Å². The number of carbonyl (C=O) groups excluding carboxylic acids is 1. The Morgan fingerprint density at radius 1 is 1.62 bits per heavy atom. The Hall–Kier alpha value is -1.14. The zero-order valence-corrected chi connectivity index (χ0v) is 7.12. The number of aliphatic carboxylic acids is 1. The molecule has 1 fully saturated rings. The van der Waals surface area contributed by atoms with Crippen molar-refractivity contribution in [1.82, 2.24) is 10.6 Å². The Morgan fingerprint density at radius 3 is 2.62 bits per heavy atom. The highest BCUT2D eigenvalue weighted by atomic mass is 16.4. The van der Waals surface area contributed by atoms with Crippen LogP contribution >= 0.6 is 0 Å². The third kappa shape index (κ3) is 3.00. The van der Waals surface area contributed by atoms with Crippen LogP contribution in [0.1, 0.15) is 6.42 Å². The van der Waals surface area contributed by atoms with E-state index < -0.39 is 12.0 Å². The topological polar surface area (TPSA) is 104 Å². The predicted molar refractivity (Wildman–Crippen MR) is 45.0 cm³/mol. The summed E-state index contributed by atoms with van der Waals surface area (Å²) in [6, 6.07) is -0.971. The van der Waals surface area contributed by atoms with Gasteiger partial charge in [0.25, 0.3) is 0 Å². The number of nitrogens with two attached hydrogens (primary N) is 1. The molecule has 0 saturated carbocycles. The lowest BCUT2D eigenvalue weighted by Crippen LogP contribution is -2.57. The van der Waals surface area contributed by atoms with Crippen molar-refractivity contribution in [1.29, 1.82) is 0 Å². The van der Waals surface area contributed by atoms with Crippen LogP contribution in [0.2, 0.25) is 0 Å². The summed E-state index contributed by atoms with van der Waals surface area (Å²) in [6.45, 7) is 1.49. The lowest BCUT2D eigenvalue weighted by molar-refractivity contribution is -0.140. The molecule has 0 radical (unpaired) electrons. The summed E-state index contributed by atoms with van der Waals surface area (Å²) >= 11 is 0. The molecule has 0 aromatic rings. The zero-order valence-electron chi connectivity index (χ0n) is 7.12. The third-order valence-electron chi connectivity index (χ3n) is 1.87. The summed E-state index contributed by atoms with van der Waals surface area (Å²) in [6.07, 6.45) is -0.161. The molecule has 6 heteroatoms. The molecule has 0 unspecified atom stereocenters. The molecular weight excluding hydrogens is 174 g/mol. The molecule has 1 atom stereocenters. The van der Waals surface area contributed by atoms with E-state index in [9.17, 15) is 9.59 Å². The van der Waals surface area contributed by atoms with Gasteiger partial charge >= 0.3 is 5.97 Å². The average Bonchev–Trinajstić information content (AvgIpc) is 1.96. The van der Waals surface area contributed by atoms with Gasteiger partial charge in [-0.15, -0.1) is 0 Å². The molecule has 0 aromatic carbocycles. The third-order valence-corrected chi connectivity index (χ3v) is 1.87. The molecule has 1 amide bonds. The van der Waals surface area contributed by atoms with Crippen molar-refractivity contribution >= 4 is 11.9 Å². The van der Waals surface area contributed by atoms with Crippen molar-refractivity contribution in [3.05, 3.63) is 0 Å². The van der Waals surface area contributed by atoms with Crippen LogP contribution in [-0.4, -0.2) is 42.2 Å². The maximum Gasteiger partial charge on any atom is 0.321 e. The average molecular weight is 187 g/mol. The van der Waals surface area contributed by atoms with E-state index in [0.717, 1.165) is 13.1 Å². The molecule has 13 heavy (non-hydrogen) atoms. The first kappa shape index (κ1) is 9.94. The van der Waals surface area contributed by atoms with Crippen molar-refractivity contribution in [2.24, 2.45) is 5.73 Å². The summed E-state index contributed by atoms with van der Waals surface area (Å²) < 4.78 is 0. The number of carboxylic acid groups (broad SMARTS) is 1. The molecule has 6 nitrogen and oxygen atoms in total. The Kier molecular flexibility index (Phi) is 3.21. The van der Waals surface area contributed by atoms with Crippen molar-refractivity contribution in [3.8, 4) is 0 Å². The summed E-state index contributed by atoms with van der Waals surface area (Å²) in [4.78, 5) is 21.4. The molecule has 0 spiro atoms. The van der Waals surface area contributed by atoms with E-state index in [1.54, 1.807) is 0 Å². The molecule has 5 N–H and O–H groups in total. The van der Waals surface area contributed by atoms with E-state index in [0.29, 0.717) is 0 Å². The van der Waals surface area contributed by atoms with Gasteiger partial charge in [0.05, 0.1) is 12.5 Å². The molecular formula is C7H13N3O3. The molecule has 1 rings (SSSR count). The van der Waals surface area contributed by atoms with Crippen LogP contribution < -0.4 is 16.4 Å². The quantitative estimate of drug-likeness (QED) is 0.402. The van der Waals surface area contributed by atoms with Crippen LogP contribution in [0.15, 0.2) is 0 Å². The second kappa shape index (κ2) is 4.20. The fraction of sp³-hybridized carbons (Fsp3) is 0.714. The van der Waals surface area contributed by atoms with Gasteiger partial charge in [-0.3, -0.25) is 9.59 Å². The van der Waals surface area contributed by atoms with E-state index in [1.807, 2.05) is 0 Å². The van der Waals surface area contributed by atoms with Crippen molar-refractivity contribution in [3.63, 3.8) is 0 Å². The van der Waals surface area contributed by atoms with Gasteiger partial charge in [0.1, 0.15) is 6.04 Å². The molecule has 1 aliphatic rings. The summed E-state index contributed by atoms with van der Waals surface area (Å²) in [5.41, 5.74) is 5.18. The molecule has 74 valence electrons. The summed E-state index contributed by atoms with van der Waals surface area (Å²) in [5, 5.41) is 14.1. The van der Waals surface area contributed by atoms with Crippen molar-refractivity contribution in [2.45, 2.75) is 18.5 Å². The normalized spacial score (nSPS) is 18.8. The second-order valence-electron chi connectivity index (χ2n) is 3.07. The van der Waals surface area contributed by atoms with Gasteiger partial charge in [-0.1, -0.05) is 0 Å². The Balaban J connectivity index is 2.19. The predicted octanol–water partition coefficient (Wildman–Crippen LogP) is -2.12. The van der Waals surface area contributed by atoms with Crippen LogP contribution in [0.3, 0.4) is 0 Å². The zero-order chi connectivity index (χ0) is 9.84. The van der Waals surface area contributed by atoms with Gasteiger partial charge in [0.15, 0.2) is 0 Å². The number of carbonyl (C=O) groups is 2. The first-order valence-electron chi connectivity index (χ1n) is 4.08. The highest BCUT2D eigenvalue weighted by Gasteiger charge is 2.21. The molecule has 0 aliphatic carbocycles. The van der Waals surface area contributed by atoms with E-state index in [1.165, 1.54) is 0 Å². The Bertz CT molecular complexity index is 215. The highest BCUT2D eigenvalue weighted by Crippen LogP contribution is 1.94. The number of hydrogen-bond donors (Lipinski definition) is 4. The van der Waals surface area contributed by atoms with E-state index >= 15 is 0 Å². The first-order valence-corrected chi connectivity index (χ1v) is 4.08. The largest absolute Gasteiger partial charge is 0.480 e. The van der Waals surface area contributed by atoms with Crippen LogP contribution in [0.5, 0.6) is 0 Å². The van der Waals surface area contributed by atoms with Gasteiger partial charge in [-0.05, 0) is 0 Å². The first-order chi connectivity index (χ1) is 6.09. The minimum absolute atomic E-state index is 0.133. The summed E-state index contributed by atoms with van der Waals surface area (Å²) in [7, 11) is 0. The van der Waals surface area contributed by atoms with E-state index in [4.69, 9.17) is 10.8 Å². The van der Waals surface area contributed by atoms with Gasteiger partial charge in [-0.2, -0.15) is 0 Å². The minimum Gasteiger partial charge on any atom is -0.480 e. The second-order valence-corrected chi connectivity index (χ2v) is 3.07. The summed E-state index contributed by atoms with van der Waals surface area (Å²) in [5.74, 6) is -1.46. The number of carboxylic acids is 1. The standard InChI is InChI=1S/C7H13N3O3/c8-5(7(12)13)1-6(11)10-4-2-9-3-4/h4-5,9H,1-3,8H2,(H,10,11)(H,12,13)/t5-/m0/s1. The number of rotatable bonds is 4. The van der Waals surface area contributed by atoms with E-state index in [-0.39, 0.29) is 18.4 Å². The Labute approximate surface area is 75.5 Å². The van der Waals surface area contributed by atoms with Crippen LogP contribution in [0.4, 0.5) is 0 Å². The van der Waals surface area contributed by atoms with Crippen molar-refractivity contribution < 1.29 is 14.7 Å². The monoisotopic (exact) mass is 187 g/mol. The minimum atomic E-state index is -1.15. The van der Waals surface area contributed by atoms with Crippen LogP contribution in [0, 0.1) is 0 Å². The molecule has 1 aliphatic heterocycles. The SMILES string of the molecule is N[C@@H](CC(=O)NC1CNC1)C(=O)O. The van der Waals surface area contributed by atoms with Crippen LogP contribution in [-0.2, 0) is 9.59 Å². The molecule has 1 heterocycles. The molecule has 0 aromatic heterocycles. The van der Waals surface area contributed by atoms with Gasteiger partial charge < -0.3 is 21.5 Å². The van der Waals surface area contributed by atoms with Crippen molar-refractivity contribution in [2.75, 3.05) is 13.1 Å². The Morgan fingerprint density at radius 2 is 2.23 bits per heavy atom. The molecule has 1 saturated heterocycles.